The van der Waals surface area contributed by atoms with Crippen LogP contribution in [0.4, 0.5) is 10.2 Å². The van der Waals surface area contributed by atoms with Crippen molar-refractivity contribution >= 4 is 40.0 Å². The van der Waals surface area contributed by atoms with Gasteiger partial charge >= 0.3 is 0 Å². The van der Waals surface area contributed by atoms with Gasteiger partial charge in [0.25, 0.3) is 0 Å². The molecule has 6 heteroatoms. The van der Waals surface area contributed by atoms with E-state index in [1.807, 2.05) is 14.0 Å². The zero-order valence-electron chi connectivity index (χ0n) is 11.2. The summed E-state index contributed by atoms with van der Waals surface area (Å²) in [6.45, 7) is 2.03. The fourth-order valence-electron chi connectivity index (χ4n) is 1.88. The van der Waals surface area contributed by atoms with E-state index in [0.29, 0.717) is 16.4 Å². The smallest absolute Gasteiger partial charge is 0.143 e. The zero-order chi connectivity index (χ0) is 14.7. The molecule has 1 aromatic heterocycles. The fraction of sp³-hybridized carbons (Fsp3) is 0.286. The molecule has 20 heavy (non-hydrogen) atoms. The van der Waals surface area contributed by atoms with Crippen molar-refractivity contribution < 1.29 is 4.39 Å². The third kappa shape index (κ3) is 3.20. The molecule has 0 fully saturated rings. The predicted octanol–water partition coefficient (Wildman–Crippen LogP) is 4.07. The van der Waals surface area contributed by atoms with E-state index < -0.39 is 0 Å². The molecular formula is C14H14ClFIN3. The molecule has 0 aliphatic carbocycles. The van der Waals surface area contributed by atoms with Gasteiger partial charge < -0.3 is 5.32 Å². The number of hydrogen-bond donors (Lipinski definition) is 1. The van der Waals surface area contributed by atoms with Gasteiger partial charge in [0.15, 0.2) is 0 Å². The van der Waals surface area contributed by atoms with E-state index in [4.69, 9.17) is 11.6 Å². The fourth-order valence-corrected chi connectivity index (χ4v) is 3.01. The molecule has 0 aliphatic rings. The van der Waals surface area contributed by atoms with E-state index in [1.54, 1.807) is 12.1 Å². The summed E-state index contributed by atoms with van der Waals surface area (Å²) in [6, 6.07) is 4.66. The Kier molecular flexibility index (Phi) is 5.15. The average molecular weight is 406 g/mol. The number of nitrogens with zero attached hydrogens (tertiary/aromatic N) is 2. The maximum Gasteiger partial charge on any atom is 0.143 e. The zero-order valence-corrected chi connectivity index (χ0v) is 14.1. The Hall–Kier alpha value is -0.950. The Bertz CT molecular complexity index is 589. The van der Waals surface area contributed by atoms with Crippen molar-refractivity contribution in [2.75, 3.05) is 12.4 Å². The molecule has 2 aromatic rings. The lowest BCUT2D eigenvalue weighted by molar-refractivity contribution is 0.612. The molecule has 0 bridgehead atoms. The lowest BCUT2D eigenvalue weighted by Gasteiger charge is -2.11. The molecule has 0 atom stereocenters. The van der Waals surface area contributed by atoms with Crippen molar-refractivity contribution in [3.05, 3.63) is 49.7 Å². The minimum absolute atomic E-state index is 0.282. The molecule has 1 N–H and O–H groups in total. The Morgan fingerprint density at radius 2 is 2.10 bits per heavy atom. The molecule has 3 nitrogen and oxygen atoms in total. The molecule has 1 aromatic carbocycles. The highest BCUT2D eigenvalue weighted by Gasteiger charge is 2.14. The van der Waals surface area contributed by atoms with Crippen molar-refractivity contribution in [2.24, 2.45) is 0 Å². The van der Waals surface area contributed by atoms with E-state index in [-0.39, 0.29) is 12.2 Å². The number of anilines is 1. The lowest BCUT2D eigenvalue weighted by Crippen LogP contribution is -2.08. The van der Waals surface area contributed by atoms with Gasteiger partial charge in [-0.2, -0.15) is 0 Å². The first-order valence-electron chi connectivity index (χ1n) is 6.22. The first-order chi connectivity index (χ1) is 9.56. The van der Waals surface area contributed by atoms with Gasteiger partial charge in [0.1, 0.15) is 17.5 Å². The summed E-state index contributed by atoms with van der Waals surface area (Å²) in [5, 5.41) is 3.44. The molecule has 1 heterocycles. The molecule has 0 saturated heterocycles. The Labute approximate surface area is 136 Å². The number of halogens is 3. The van der Waals surface area contributed by atoms with E-state index >= 15 is 0 Å². The molecular weight excluding hydrogens is 392 g/mol. The van der Waals surface area contributed by atoms with Crippen LogP contribution in [0.25, 0.3) is 0 Å². The molecule has 2 rings (SSSR count). The summed E-state index contributed by atoms with van der Waals surface area (Å²) in [5.41, 5.74) is 1.38. The maximum absolute atomic E-state index is 13.8. The minimum Gasteiger partial charge on any atom is -0.372 e. The average Bonchev–Trinajstić information content (AvgIpc) is 2.44. The number of nitrogens with one attached hydrogen (secondary N) is 1. The van der Waals surface area contributed by atoms with Gasteiger partial charge in [-0.3, -0.25) is 0 Å². The highest BCUT2D eigenvalue weighted by atomic mass is 127. The highest BCUT2D eigenvalue weighted by Crippen LogP contribution is 2.24. The number of aromatic nitrogens is 2. The highest BCUT2D eigenvalue weighted by molar-refractivity contribution is 14.1. The molecule has 0 spiro atoms. The minimum atomic E-state index is -0.330. The van der Waals surface area contributed by atoms with E-state index in [9.17, 15) is 4.39 Å². The number of benzene rings is 1. The van der Waals surface area contributed by atoms with Crippen molar-refractivity contribution in [1.82, 2.24) is 9.97 Å². The molecule has 0 radical (unpaired) electrons. The number of aryl methyl sites for hydroxylation is 1. The van der Waals surface area contributed by atoms with Crippen LogP contribution in [0.1, 0.15) is 24.0 Å². The van der Waals surface area contributed by atoms with Crippen LogP contribution in [-0.4, -0.2) is 17.0 Å². The second-order valence-electron chi connectivity index (χ2n) is 4.23. The maximum atomic E-state index is 13.8. The summed E-state index contributed by atoms with van der Waals surface area (Å²) < 4.78 is 14.8. The molecule has 0 aliphatic heterocycles. The summed E-state index contributed by atoms with van der Waals surface area (Å²) in [4.78, 5) is 8.91. The standard InChI is InChI=1S/C14H14ClFIN3/c1-3-11-13(17)14(18-2)20-12(19-11)7-8-9(15)5-4-6-10(8)16/h4-6H,3,7H2,1-2H3,(H,18,19,20). The van der Waals surface area contributed by atoms with Crippen LogP contribution in [0.5, 0.6) is 0 Å². The van der Waals surface area contributed by atoms with Crippen molar-refractivity contribution in [2.45, 2.75) is 19.8 Å². The second kappa shape index (κ2) is 6.67. The van der Waals surface area contributed by atoms with E-state index in [2.05, 4.69) is 37.9 Å². The summed E-state index contributed by atoms with van der Waals surface area (Å²) in [6.07, 6.45) is 1.08. The van der Waals surface area contributed by atoms with Gasteiger partial charge in [-0.25, -0.2) is 14.4 Å². The van der Waals surface area contributed by atoms with Gasteiger partial charge in [0.2, 0.25) is 0 Å². The van der Waals surface area contributed by atoms with Gasteiger partial charge in [-0.1, -0.05) is 24.6 Å². The van der Waals surface area contributed by atoms with Crippen molar-refractivity contribution in [3.8, 4) is 0 Å². The third-order valence-corrected chi connectivity index (χ3v) is 4.42. The lowest BCUT2D eigenvalue weighted by atomic mass is 10.1. The van der Waals surface area contributed by atoms with Crippen LogP contribution in [0.15, 0.2) is 18.2 Å². The first kappa shape index (κ1) is 15.4. The van der Waals surface area contributed by atoms with Gasteiger partial charge in [-0.05, 0) is 41.1 Å². The van der Waals surface area contributed by atoms with Crippen LogP contribution in [0, 0.1) is 9.39 Å². The quantitative estimate of drug-likeness (QED) is 0.779. The van der Waals surface area contributed by atoms with E-state index in [1.165, 1.54) is 6.07 Å². The number of hydrogen-bond acceptors (Lipinski definition) is 3. The van der Waals surface area contributed by atoms with Gasteiger partial charge in [0, 0.05) is 24.1 Å². The topological polar surface area (TPSA) is 37.8 Å². The molecule has 0 saturated carbocycles. The Morgan fingerprint density at radius 1 is 1.35 bits per heavy atom. The monoisotopic (exact) mass is 405 g/mol. The van der Waals surface area contributed by atoms with Gasteiger partial charge in [-0.15, -0.1) is 0 Å². The molecule has 0 unspecified atom stereocenters. The van der Waals surface area contributed by atoms with Crippen LogP contribution in [0.3, 0.4) is 0 Å². The SMILES string of the molecule is CCc1nc(Cc2c(F)cccc2Cl)nc(NC)c1I. The molecule has 106 valence electrons. The summed E-state index contributed by atoms with van der Waals surface area (Å²) in [7, 11) is 1.81. The van der Waals surface area contributed by atoms with Crippen molar-refractivity contribution in [1.29, 1.82) is 0 Å². The van der Waals surface area contributed by atoms with Crippen LogP contribution >= 0.6 is 34.2 Å². The predicted molar refractivity (Wildman–Crippen MR) is 87.9 cm³/mol. The van der Waals surface area contributed by atoms with Crippen LogP contribution in [0.2, 0.25) is 5.02 Å². The Balaban J connectivity index is 2.44. The Morgan fingerprint density at radius 3 is 2.70 bits per heavy atom. The van der Waals surface area contributed by atoms with Crippen LogP contribution < -0.4 is 5.32 Å². The van der Waals surface area contributed by atoms with Crippen LogP contribution in [-0.2, 0) is 12.8 Å². The summed E-state index contributed by atoms with van der Waals surface area (Å²) >= 11 is 8.26. The second-order valence-corrected chi connectivity index (χ2v) is 5.72. The number of rotatable bonds is 4. The molecule has 0 amide bonds. The largest absolute Gasteiger partial charge is 0.372 e. The third-order valence-electron chi connectivity index (χ3n) is 2.93. The normalized spacial score (nSPS) is 10.7. The van der Waals surface area contributed by atoms with Crippen molar-refractivity contribution in [3.63, 3.8) is 0 Å². The van der Waals surface area contributed by atoms with E-state index in [0.717, 1.165) is 21.5 Å². The first-order valence-corrected chi connectivity index (χ1v) is 7.68. The summed E-state index contributed by atoms with van der Waals surface area (Å²) in [5.74, 6) is 1.00. The van der Waals surface area contributed by atoms with Gasteiger partial charge in [0.05, 0.1) is 9.26 Å².